The number of aliphatic carboxylic acids is 1. The summed E-state index contributed by atoms with van der Waals surface area (Å²) in [5.41, 5.74) is 5.49. The number of nitrogens with two attached hydrogens (primary N) is 1. The number of rotatable bonds is 7. The highest BCUT2D eigenvalue weighted by Crippen LogP contribution is 2.19. The maximum Gasteiger partial charge on any atom is 0.326 e. The molecule has 0 spiro atoms. The predicted molar refractivity (Wildman–Crippen MR) is 69.3 cm³/mol. The van der Waals surface area contributed by atoms with Crippen molar-refractivity contribution in [3.8, 4) is 0 Å². The van der Waals surface area contributed by atoms with Crippen LogP contribution in [0.2, 0.25) is 0 Å². The number of carbonyl (C=O) groups is 2. The first-order valence-electron chi connectivity index (χ1n) is 6.14. The summed E-state index contributed by atoms with van der Waals surface area (Å²) in [7, 11) is 0. The second-order valence-electron chi connectivity index (χ2n) is 4.76. The molecule has 7 nitrogen and oxygen atoms in total. The minimum absolute atomic E-state index is 0.158. The number of hydrogen-bond acceptors (Lipinski definition) is 4. The molecule has 1 aromatic rings. The molecular formula is C12H20N4O3. The third kappa shape index (κ3) is 3.78. The van der Waals surface area contributed by atoms with Crippen LogP contribution in [0, 0.1) is 5.41 Å². The first-order valence-corrected chi connectivity index (χ1v) is 6.14. The molecule has 0 saturated carbocycles. The molecule has 0 aliphatic heterocycles. The molecule has 1 heterocycles. The number of aromatic nitrogens is 2. The molecule has 106 valence electrons. The van der Waals surface area contributed by atoms with Crippen LogP contribution in [0.1, 0.15) is 26.0 Å². The number of nitrogens with one attached hydrogen (secondary N) is 2. The monoisotopic (exact) mass is 268 g/mol. The Labute approximate surface area is 111 Å². The van der Waals surface area contributed by atoms with Gasteiger partial charge in [0.1, 0.15) is 6.04 Å². The normalized spacial score (nSPS) is 15.5. The number of nitrogens with zero attached hydrogens (tertiary/aromatic N) is 1. The molecule has 0 saturated heterocycles. The van der Waals surface area contributed by atoms with Crippen molar-refractivity contribution < 1.29 is 14.7 Å². The van der Waals surface area contributed by atoms with E-state index in [2.05, 4.69) is 15.3 Å². The van der Waals surface area contributed by atoms with E-state index >= 15 is 0 Å². The Kier molecular flexibility index (Phi) is 5.05. The highest BCUT2D eigenvalue weighted by molar-refractivity contribution is 5.87. The molecule has 1 aromatic heterocycles. The maximum absolute atomic E-state index is 12.1. The van der Waals surface area contributed by atoms with E-state index in [1.165, 1.54) is 12.5 Å². The Bertz CT molecular complexity index is 426. The van der Waals surface area contributed by atoms with Gasteiger partial charge in [-0.05, 0) is 13.3 Å². The molecule has 0 aromatic carbocycles. The van der Waals surface area contributed by atoms with Crippen LogP contribution in [0.3, 0.4) is 0 Å². The number of carboxylic acids is 1. The van der Waals surface area contributed by atoms with Gasteiger partial charge in [-0.15, -0.1) is 0 Å². The zero-order chi connectivity index (χ0) is 14.5. The lowest BCUT2D eigenvalue weighted by Gasteiger charge is -2.27. The standard InChI is InChI=1S/C12H20N4O3/c1-3-12(2,6-13)11(19)16-9(10(17)18)4-8-5-14-7-15-8/h5,7,9H,3-4,6,13H2,1-2H3,(H,14,15)(H,16,19)(H,17,18). The second-order valence-corrected chi connectivity index (χ2v) is 4.76. The lowest BCUT2D eigenvalue weighted by molar-refractivity contribution is -0.143. The Morgan fingerprint density at radius 2 is 2.32 bits per heavy atom. The van der Waals surface area contributed by atoms with Crippen LogP contribution in [-0.2, 0) is 16.0 Å². The third-order valence-electron chi connectivity index (χ3n) is 3.36. The van der Waals surface area contributed by atoms with E-state index in [4.69, 9.17) is 10.8 Å². The smallest absolute Gasteiger partial charge is 0.326 e. The summed E-state index contributed by atoms with van der Waals surface area (Å²) in [6, 6.07) is -0.995. The summed E-state index contributed by atoms with van der Waals surface area (Å²) in [6.07, 6.45) is 3.70. The van der Waals surface area contributed by atoms with Crippen molar-refractivity contribution in [3.63, 3.8) is 0 Å². The minimum atomic E-state index is -1.08. The molecular weight excluding hydrogens is 248 g/mol. The van der Waals surface area contributed by atoms with Crippen molar-refractivity contribution in [3.05, 3.63) is 18.2 Å². The van der Waals surface area contributed by atoms with Crippen LogP contribution in [0.15, 0.2) is 12.5 Å². The van der Waals surface area contributed by atoms with Crippen molar-refractivity contribution >= 4 is 11.9 Å². The van der Waals surface area contributed by atoms with E-state index in [0.29, 0.717) is 12.1 Å². The molecule has 19 heavy (non-hydrogen) atoms. The Morgan fingerprint density at radius 1 is 1.63 bits per heavy atom. The van der Waals surface area contributed by atoms with E-state index in [9.17, 15) is 9.59 Å². The minimum Gasteiger partial charge on any atom is -0.480 e. The summed E-state index contributed by atoms with van der Waals surface area (Å²) >= 11 is 0. The van der Waals surface area contributed by atoms with E-state index < -0.39 is 17.4 Å². The molecule has 1 amide bonds. The van der Waals surface area contributed by atoms with E-state index in [-0.39, 0.29) is 18.9 Å². The Hall–Kier alpha value is -1.89. The van der Waals surface area contributed by atoms with Crippen molar-refractivity contribution in [2.24, 2.45) is 11.1 Å². The second kappa shape index (κ2) is 6.33. The summed E-state index contributed by atoms with van der Waals surface area (Å²) in [5.74, 6) is -1.43. The van der Waals surface area contributed by atoms with Gasteiger partial charge in [-0.1, -0.05) is 6.92 Å². The molecule has 0 radical (unpaired) electrons. The molecule has 2 unspecified atom stereocenters. The van der Waals surface area contributed by atoms with Gasteiger partial charge in [0.15, 0.2) is 0 Å². The number of imidazole rings is 1. The van der Waals surface area contributed by atoms with Gasteiger partial charge in [0.2, 0.25) is 5.91 Å². The zero-order valence-corrected chi connectivity index (χ0v) is 11.1. The number of amides is 1. The fourth-order valence-corrected chi connectivity index (χ4v) is 1.55. The van der Waals surface area contributed by atoms with Crippen LogP contribution in [0.4, 0.5) is 0 Å². The molecule has 5 N–H and O–H groups in total. The largest absolute Gasteiger partial charge is 0.480 e. The highest BCUT2D eigenvalue weighted by Gasteiger charge is 2.33. The van der Waals surface area contributed by atoms with Gasteiger partial charge in [0, 0.05) is 24.9 Å². The van der Waals surface area contributed by atoms with Gasteiger partial charge in [0.05, 0.1) is 11.7 Å². The highest BCUT2D eigenvalue weighted by atomic mass is 16.4. The molecule has 0 fully saturated rings. The van der Waals surface area contributed by atoms with Crippen molar-refractivity contribution in [2.75, 3.05) is 6.54 Å². The summed E-state index contributed by atoms with van der Waals surface area (Å²) in [5, 5.41) is 11.7. The molecule has 0 bridgehead atoms. The van der Waals surface area contributed by atoms with Crippen molar-refractivity contribution in [2.45, 2.75) is 32.7 Å². The van der Waals surface area contributed by atoms with Crippen molar-refractivity contribution in [1.82, 2.24) is 15.3 Å². The number of hydrogen-bond donors (Lipinski definition) is 4. The van der Waals surface area contributed by atoms with Crippen molar-refractivity contribution in [1.29, 1.82) is 0 Å². The molecule has 2 atom stereocenters. The number of carboxylic acid groups (broad SMARTS) is 1. The van der Waals surface area contributed by atoms with Gasteiger partial charge in [-0.25, -0.2) is 9.78 Å². The van der Waals surface area contributed by atoms with E-state index in [0.717, 1.165) is 0 Å². The summed E-state index contributed by atoms with van der Waals surface area (Å²) in [6.45, 7) is 3.74. The van der Waals surface area contributed by atoms with Crippen LogP contribution >= 0.6 is 0 Å². The zero-order valence-electron chi connectivity index (χ0n) is 11.1. The van der Waals surface area contributed by atoms with Gasteiger partial charge in [0.25, 0.3) is 0 Å². The molecule has 0 aliphatic rings. The number of carbonyl (C=O) groups excluding carboxylic acids is 1. The summed E-state index contributed by atoms with van der Waals surface area (Å²) in [4.78, 5) is 29.9. The molecule has 7 heteroatoms. The van der Waals surface area contributed by atoms with Crippen LogP contribution in [0.5, 0.6) is 0 Å². The Balaban J connectivity index is 2.74. The number of aromatic amines is 1. The fraction of sp³-hybridized carbons (Fsp3) is 0.583. The molecule has 1 rings (SSSR count). The predicted octanol–water partition coefficient (Wildman–Crippen LogP) is -0.103. The van der Waals surface area contributed by atoms with Crippen LogP contribution < -0.4 is 11.1 Å². The quantitative estimate of drug-likeness (QED) is 0.550. The average molecular weight is 268 g/mol. The topological polar surface area (TPSA) is 121 Å². The SMILES string of the molecule is CCC(C)(CN)C(=O)NC(Cc1cnc[nH]1)C(=O)O. The summed E-state index contributed by atoms with van der Waals surface area (Å²) < 4.78 is 0. The van der Waals surface area contributed by atoms with Gasteiger partial charge >= 0.3 is 5.97 Å². The van der Waals surface area contributed by atoms with Crippen LogP contribution in [-0.4, -0.2) is 39.5 Å². The van der Waals surface area contributed by atoms with Crippen LogP contribution in [0.25, 0.3) is 0 Å². The first kappa shape index (κ1) is 15.2. The van der Waals surface area contributed by atoms with Gasteiger partial charge in [-0.2, -0.15) is 0 Å². The first-order chi connectivity index (χ1) is 8.92. The lowest BCUT2D eigenvalue weighted by atomic mass is 9.86. The fourth-order valence-electron chi connectivity index (χ4n) is 1.55. The number of H-pyrrole nitrogens is 1. The lowest BCUT2D eigenvalue weighted by Crippen LogP contribution is -2.50. The average Bonchev–Trinajstić information content (AvgIpc) is 2.89. The third-order valence-corrected chi connectivity index (χ3v) is 3.36. The molecule has 0 aliphatic carbocycles. The van der Waals surface area contributed by atoms with E-state index in [1.54, 1.807) is 6.92 Å². The van der Waals surface area contributed by atoms with Gasteiger partial charge < -0.3 is 21.1 Å². The van der Waals surface area contributed by atoms with E-state index in [1.807, 2.05) is 6.92 Å². The Morgan fingerprint density at radius 3 is 2.74 bits per heavy atom. The van der Waals surface area contributed by atoms with Gasteiger partial charge in [-0.3, -0.25) is 4.79 Å². The maximum atomic E-state index is 12.1.